The molecule has 7 heteroatoms. The van der Waals surface area contributed by atoms with Gasteiger partial charge in [0.25, 0.3) is 0 Å². The number of ether oxygens (including phenoxy) is 1. The van der Waals surface area contributed by atoms with Crippen LogP contribution >= 0.6 is 0 Å². The molecule has 0 aliphatic heterocycles. The molecule has 1 aromatic rings. The molecule has 4 nitrogen and oxygen atoms in total. The summed E-state index contributed by atoms with van der Waals surface area (Å²) >= 11 is 0. The molecule has 0 bridgehead atoms. The fourth-order valence-corrected chi connectivity index (χ4v) is 1.42. The molecule has 2 N–H and O–H groups in total. The fourth-order valence-electron chi connectivity index (χ4n) is 1.42. The summed E-state index contributed by atoms with van der Waals surface area (Å²) in [7, 11) is 0. The molecule has 1 rings (SSSR count). The number of rotatable bonds is 1. The van der Waals surface area contributed by atoms with Gasteiger partial charge in [0.05, 0.1) is 12.1 Å². The first kappa shape index (κ1) is 17.7. The normalized spacial score (nSPS) is 11.4. The van der Waals surface area contributed by atoms with E-state index >= 15 is 0 Å². The van der Waals surface area contributed by atoms with Crippen molar-refractivity contribution in [3.63, 3.8) is 0 Å². The first-order valence-electron chi connectivity index (χ1n) is 6.35. The monoisotopic (exact) mass is 315 g/mol. The number of alkyl carbamates (subject to hydrolysis) is 1. The van der Waals surface area contributed by atoms with Crippen LogP contribution in [-0.2, 0) is 10.9 Å². The van der Waals surface area contributed by atoms with Crippen molar-refractivity contribution < 1.29 is 27.8 Å². The van der Waals surface area contributed by atoms with E-state index in [4.69, 9.17) is 4.74 Å². The summed E-state index contributed by atoms with van der Waals surface area (Å²) < 4.78 is 42.8. The van der Waals surface area contributed by atoms with Crippen molar-refractivity contribution >= 4 is 6.09 Å². The highest BCUT2D eigenvalue weighted by Gasteiger charge is 2.33. The van der Waals surface area contributed by atoms with Crippen molar-refractivity contribution in [3.8, 4) is 17.6 Å². The molecule has 22 heavy (non-hydrogen) atoms. The summed E-state index contributed by atoms with van der Waals surface area (Å²) in [5, 5.41) is 11.5. The first-order chi connectivity index (χ1) is 9.99. The number of carbonyl (C=O) groups is 1. The van der Waals surface area contributed by atoms with Crippen LogP contribution in [0, 0.1) is 11.8 Å². The van der Waals surface area contributed by atoms with Crippen LogP contribution in [-0.4, -0.2) is 23.3 Å². The molecular weight excluding hydrogens is 299 g/mol. The van der Waals surface area contributed by atoms with Gasteiger partial charge in [-0.3, -0.25) is 0 Å². The van der Waals surface area contributed by atoms with Crippen LogP contribution < -0.4 is 5.32 Å². The van der Waals surface area contributed by atoms with E-state index in [9.17, 15) is 23.1 Å². The number of phenols is 1. The molecule has 0 aliphatic rings. The number of alkyl halides is 3. The van der Waals surface area contributed by atoms with Crippen LogP contribution in [0.3, 0.4) is 0 Å². The van der Waals surface area contributed by atoms with E-state index in [0.717, 1.165) is 12.1 Å². The zero-order chi connectivity index (χ0) is 17.0. The average molecular weight is 315 g/mol. The van der Waals surface area contributed by atoms with E-state index in [2.05, 4.69) is 17.2 Å². The third-order valence-electron chi connectivity index (χ3n) is 2.25. The van der Waals surface area contributed by atoms with Crippen molar-refractivity contribution in [1.29, 1.82) is 0 Å². The highest BCUT2D eigenvalue weighted by molar-refractivity contribution is 5.68. The maximum Gasteiger partial charge on any atom is 0.419 e. The maximum absolute atomic E-state index is 12.6. The topological polar surface area (TPSA) is 58.6 Å². The van der Waals surface area contributed by atoms with Gasteiger partial charge < -0.3 is 15.2 Å². The molecule has 0 heterocycles. The lowest BCUT2D eigenvalue weighted by molar-refractivity contribution is -0.138. The third kappa shape index (κ3) is 5.95. The van der Waals surface area contributed by atoms with Gasteiger partial charge in [0, 0.05) is 5.56 Å². The minimum absolute atomic E-state index is 0.0723. The molecule has 0 spiro atoms. The van der Waals surface area contributed by atoms with Gasteiger partial charge in [-0.05, 0) is 39.0 Å². The van der Waals surface area contributed by atoms with Crippen LogP contribution in [0.5, 0.6) is 5.75 Å². The summed E-state index contributed by atoms with van der Waals surface area (Å²) in [5.41, 5.74) is -1.72. The van der Waals surface area contributed by atoms with Gasteiger partial charge in [0.1, 0.15) is 11.4 Å². The summed E-state index contributed by atoms with van der Waals surface area (Å²) in [6.45, 7) is 5.03. The Morgan fingerprint density at radius 2 is 1.95 bits per heavy atom. The minimum Gasteiger partial charge on any atom is -0.507 e. The van der Waals surface area contributed by atoms with Crippen molar-refractivity contribution in [2.75, 3.05) is 6.54 Å². The highest BCUT2D eigenvalue weighted by Crippen LogP contribution is 2.35. The number of hydrogen-bond acceptors (Lipinski definition) is 3. The van der Waals surface area contributed by atoms with E-state index in [1.54, 1.807) is 20.8 Å². The quantitative estimate of drug-likeness (QED) is 0.782. The van der Waals surface area contributed by atoms with Crippen LogP contribution in [0.1, 0.15) is 31.9 Å². The molecule has 0 fully saturated rings. The van der Waals surface area contributed by atoms with E-state index in [1.165, 1.54) is 6.07 Å². The second-order valence-electron chi connectivity index (χ2n) is 5.39. The average Bonchev–Trinajstić information content (AvgIpc) is 2.33. The Balaban J connectivity index is 2.68. The molecule has 0 unspecified atom stereocenters. The van der Waals surface area contributed by atoms with Gasteiger partial charge in [-0.2, -0.15) is 13.2 Å². The van der Waals surface area contributed by atoms with E-state index in [1.807, 2.05) is 0 Å². The fraction of sp³-hybridized carbons (Fsp3) is 0.400. The molecule has 0 aromatic heterocycles. The Bertz CT molecular complexity index is 607. The Morgan fingerprint density at radius 3 is 2.50 bits per heavy atom. The van der Waals surface area contributed by atoms with E-state index in [-0.39, 0.29) is 12.1 Å². The SMILES string of the molecule is CC(C)(C)OC(=O)NCC#Cc1ccc(O)c(C(F)(F)F)c1. The number of nitrogens with one attached hydrogen (secondary N) is 1. The Hall–Kier alpha value is -2.36. The van der Waals surface area contributed by atoms with E-state index in [0.29, 0.717) is 0 Å². The van der Waals surface area contributed by atoms with Crippen LogP contribution in [0.25, 0.3) is 0 Å². The molecule has 0 atom stereocenters. The number of carbonyl (C=O) groups excluding carboxylic acids is 1. The molecule has 1 aromatic carbocycles. The molecule has 120 valence electrons. The van der Waals surface area contributed by atoms with E-state index < -0.39 is 29.2 Å². The predicted molar refractivity (Wildman–Crippen MR) is 74.2 cm³/mol. The first-order valence-corrected chi connectivity index (χ1v) is 6.35. The molecule has 0 radical (unpaired) electrons. The Kier molecular flexibility index (Phi) is 5.31. The zero-order valence-corrected chi connectivity index (χ0v) is 12.3. The molecule has 0 aliphatic carbocycles. The van der Waals surface area contributed by atoms with Crippen molar-refractivity contribution in [2.24, 2.45) is 0 Å². The highest BCUT2D eigenvalue weighted by atomic mass is 19.4. The third-order valence-corrected chi connectivity index (χ3v) is 2.25. The summed E-state index contributed by atoms with van der Waals surface area (Å²) in [6.07, 6.45) is -5.32. The summed E-state index contributed by atoms with van der Waals surface area (Å²) in [4.78, 5) is 11.3. The minimum atomic E-state index is -4.66. The van der Waals surface area contributed by atoms with Gasteiger partial charge in [0.15, 0.2) is 0 Å². The van der Waals surface area contributed by atoms with Crippen molar-refractivity contribution in [1.82, 2.24) is 5.32 Å². The number of phenolic OH excluding ortho intramolecular Hbond substituents is 1. The molecule has 1 amide bonds. The zero-order valence-electron chi connectivity index (χ0n) is 12.3. The van der Waals surface area contributed by atoms with Crippen LogP contribution in [0.2, 0.25) is 0 Å². The Labute approximate surface area is 126 Å². The van der Waals surface area contributed by atoms with Gasteiger partial charge in [-0.1, -0.05) is 11.8 Å². The number of hydrogen-bond donors (Lipinski definition) is 2. The van der Waals surface area contributed by atoms with Gasteiger partial charge >= 0.3 is 12.3 Å². The summed E-state index contributed by atoms with van der Waals surface area (Å²) in [6, 6.07) is 2.93. The van der Waals surface area contributed by atoms with Crippen LogP contribution in [0.4, 0.5) is 18.0 Å². The predicted octanol–water partition coefficient (Wildman–Crippen LogP) is 3.29. The number of halogens is 3. The lowest BCUT2D eigenvalue weighted by Gasteiger charge is -2.19. The lowest BCUT2D eigenvalue weighted by Crippen LogP contribution is -2.32. The number of benzene rings is 1. The van der Waals surface area contributed by atoms with Crippen molar-refractivity contribution in [2.45, 2.75) is 32.5 Å². The van der Waals surface area contributed by atoms with Gasteiger partial charge in [0.2, 0.25) is 0 Å². The lowest BCUT2D eigenvalue weighted by atomic mass is 10.1. The number of amides is 1. The maximum atomic E-state index is 12.6. The summed E-state index contributed by atoms with van der Waals surface area (Å²) in [5.74, 6) is 4.12. The standard InChI is InChI=1S/C15H16F3NO3/c1-14(2,3)22-13(21)19-8-4-5-10-6-7-12(20)11(9-10)15(16,17)18/h6-7,9,20H,8H2,1-3H3,(H,19,21). The van der Waals surface area contributed by atoms with Crippen molar-refractivity contribution in [3.05, 3.63) is 29.3 Å². The molecule has 0 saturated carbocycles. The second-order valence-corrected chi connectivity index (χ2v) is 5.39. The molecule has 0 saturated heterocycles. The molecular formula is C15H16F3NO3. The Morgan fingerprint density at radius 1 is 1.32 bits per heavy atom. The van der Waals surface area contributed by atoms with Gasteiger partial charge in [-0.25, -0.2) is 4.79 Å². The van der Waals surface area contributed by atoms with Crippen LogP contribution in [0.15, 0.2) is 18.2 Å². The second kappa shape index (κ2) is 6.60. The largest absolute Gasteiger partial charge is 0.507 e. The smallest absolute Gasteiger partial charge is 0.419 e. The number of aromatic hydroxyl groups is 1. The van der Waals surface area contributed by atoms with Gasteiger partial charge in [-0.15, -0.1) is 0 Å².